The molecule has 3 heteroatoms. The van der Waals surface area contributed by atoms with E-state index >= 15 is 0 Å². The van der Waals surface area contributed by atoms with Crippen molar-refractivity contribution in [1.82, 2.24) is 0 Å². The van der Waals surface area contributed by atoms with Gasteiger partial charge in [-0.15, -0.1) is 0 Å². The number of hydrogen-bond donors (Lipinski definition) is 0. The molecule has 0 aliphatic heterocycles. The standard InChI is InChI=1S/C52H33NO2/c1-2-16-40-35(12-1)13-10-20-41(40)37-14-9-15-39(32-37)53(38-29-26-34(27-30-38)36-28-31-44-43-18-4-7-23-48(43)55-51(44)33-36)47-22-6-3-17-42(47)45-21-11-25-50-52(45)46-19-5-8-24-49(46)54-50/h1-33H. The Balaban J connectivity index is 1.09. The van der Waals surface area contributed by atoms with Crippen LogP contribution < -0.4 is 4.90 Å². The summed E-state index contributed by atoms with van der Waals surface area (Å²) in [5.41, 5.74) is 13.6. The molecule has 3 nitrogen and oxygen atoms in total. The summed E-state index contributed by atoms with van der Waals surface area (Å²) in [6, 6.07) is 71.1. The Morgan fingerprint density at radius 1 is 0.309 bits per heavy atom. The molecule has 0 saturated carbocycles. The van der Waals surface area contributed by atoms with Crippen LogP contribution in [-0.2, 0) is 0 Å². The Bertz CT molecular complexity index is 3220. The number of anilines is 3. The lowest BCUT2D eigenvalue weighted by atomic mass is 9.95. The van der Waals surface area contributed by atoms with Crippen molar-refractivity contribution < 1.29 is 8.83 Å². The summed E-state index contributed by atoms with van der Waals surface area (Å²) in [6.07, 6.45) is 0. The fraction of sp³-hybridized carbons (Fsp3) is 0. The van der Waals surface area contributed by atoms with Gasteiger partial charge in [-0.3, -0.25) is 0 Å². The zero-order chi connectivity index (χ0) is 36.3. The van der Waals surface area contributed by atoms with E-state index in [0.717, 1.165) is 88.8 Å². The SMILES string of the molecule is c1cc(-c2cccc3ccccc23)cc(N(c2ccc(-c3ccc4c(c3)oc3ccccc34)cc2)c2ccccc2-c2cccc3oc4ccccc4c23)c1. The van der Waals surface area contributed by atoms with E-state index in [1.807, 2.05) is 24.3 Å². The van der Waals surface area contributed by atoms with E-state index in [-0.39, 0.29) is 0 Å². The van der Waals surface area contributed by atoms with Crippen LogP contribution >= 0.6 is 0 Å². The highest BCUT2D eigenvalue weighted by Crippen LogP contribution is 2.46. The predicted molar refractivity (Wildman–Crippen MR) is 229 cm³/mol. The highest BCUT2D eigenvalue weighted by Gasteiger charge is 2.21. The molecule has 0 aliphatic rings. The van der Waals surface area contributed by atoms with Crippen LogP contribution in [0, 0.1) is 0 Å². The van der Waals surface area contributed by atoms with Crippen molar-refractivity contribution in [3.8, 4) is 33.4 Å². The highest BCUT2D eigenvalue weighted by atomic mass is 16.3. The first-order chi connectivity index (χ1) is 27.3. The van der Waals surface area contributed by atoms with Gasteiger partial charge in [0.2, 0.25) is 0 Å². The topological polar surface area (TPSA) is 29.5 Å². The van der Waals surface area contributed by atoms with Crippen molar-refractivity contribution in [2.75, 3.05) is 4.90 Å². The third kappa shape index (κ3) is 5.20. The molecule has 0 fully saturated rings. The van der Waals surface area contributed by atoms with Crippen molar-refractivity contribution in [2.24, 2.45) is 0 Å². The summed E-state index contributed by atoms with van der Waals surface area (Å²) in [4.78, 5) is 2.39. The smallest absolute Gasteiger partial charge is 0.136 e. The zero-order valence-electron chi connectivity index (χ0n) is 29.8. The second-order valence-electron chi connectivity index (χ2n) is 14.1. The molecule has 0 spiro atoms. The molecule has 2 heterocycles. The van der Waals surface area contributed by atoms with Gasteiger partial charge in [0.15, 0.2) is 0 Å². The highest BCUT2D eigenvalue weighted by molar-refractivity contribution is 6.14. The molecule has 0 bridgehead atoms. The minimum absolute atomic E-state index is 0.879. The average Bonchev–Trinajstić information content (AvgIpc) is 3.82. The van der Waals surface area contributed by atoms with E-state index in [4.69, 9.17) is 8.83 Å². The number of hydrogen-bond acceptors (Lipinski definition) is 3. The van der Waals surface area contributed by atoms with Gasteiger partial charge in [-0.2, -0.15) is 0 Å². The number of nitrogens with zero attached hydrogens (tertiary/aromatic N) is 1. The largest absolute Gasteiger partial charge is 0.456 e. The molecular weight excluding hydrogens is 671 g/mol. The van der Waals surface area contributed by atoms with Crippen LogP contribution in [0.2, 0.25) is 0 Å². The lowest BCUT2D eigenvalue weighted by molar-refractivity contribution is 0.668. The molecular formula is C52H33NO2. The maximum Gasteiger partial charge on any atom is 0.136 e. The number of fused-ring (bicyclic) bond motifs is 7. The summed E-state index contributed by atoms with van der Waals surface area (Å²) in [5.74, 6) is 0. The van der Waals surface area contributed by atoms with Gasteiger partial charge in [-0.25, -0.2) is 0 Å². The van der Waals surface area contributed by atoms with E-state index in [2.05, 4.69) is 181 Å². The lowest BCUT2D eigenvalue weighted by Gasteiger charge is -2.28. The van der Waals surface area contributed by atoms with Crippen LogP contribution in [0.5, 0.6) is 0 Å². The first-order valence-corrected chi connectivity index (χ1v) is 18.7. The van der Waals surface area contributed by atoms with Gasteiger partial charge >= 0.3 is 0 Å². The molecule has 0 saturated heterocycles. The van der Waals surface area contributed by atoms with E-state index in [9.17, 15) is 0 Å². The van der Waals surface area contributed by atoms with Crippen LogP contribution in [-0.4, -0.2) is 0 Å². The minimum Gasteiger partial charge on any atom is -0.456 e. The second-order valence-corrected chi connectivity index (χ2v) is 14.1. The molecule has 0 atom stereocenters. The normalized spacial score (nSPS) is 11.6. The van der Waals surface area contributed by atoms with E-state index < -0.39 is 0 Å². The Kier molecular flexibility index (Phi) is 7.17. The van der Waals surface area contributed by atoms with Crippen LogP contribution in [0.3, 0.4) is 0 Å². The Morgan fingerprint density at radius 3 is 1.80 bits per heavy atom. The molecule has 11 aromatic rings. The van der Waals surface area contributed by atoms with Crippen molar-refractivity contribution in [1.29, 1.82) is 0 Å². The molecule has 258 valence electrons. The van der Waals surface area contributed by atoms with Gasteiger partial charge in [0, 0.05) is 38.5 Å². The molecule has 0 amide bonds. The van der Waals surface area contributed by atoms with Crippen LogP contribution in [0.25, 0.3) is 88.0 Å². The molecule has 0 N–H and O–H groups in total. The third-order valence-corrected chi connectivity index (χ3v) is 10.9. The Hall–Kier alpha value is -7.36. The van der Waals surface area contributed by atoms with Crippen molar-refractivity contribution in [3.05, 3.63) is 200 Å². The van der Waals surface area contributed by atoms with Gasteiger partial charge in [-0.1, -0.05) is 140 Å². The van der Waals surface area contributed by atoms with Gasteiger partial charge in [0.25, 0.3) is 0 Å². The molecule has 11 rings (SSSR count). The summed E-state index contributed by atoms with van der Waals surface area (Å²) in [6.45, 7) is 0. The van der Waals surface area contributed by atoms with Crippen molar-refractivity contribution >= 4 is 71.7 Å². The van der Waals surface area contributed by atoms with Crippen molar-refractivity contribution in [3.63, 3.8) is 0 Å². The quantitative estimate of drug-likeness (QED) is 0.173. The molecule has 0 radical (unpaired) electrons. The fourth-order valence-electron chi connectivity index (χ4n) is 8.32. The number of furan rings is 2. The average molecular weight is 704 g/mol. The summed E-state index contributed by atoms with van der Waals surface area (Å²) in [7, 11) is 0. The van der Waals surface area contributed by atoms with E-state index in [1.54, 1.807) is 0 Å². The summed E-state index contributed by atoms with van der Waals surface area (Å²) in [5, 5.41) is 6.95. The van der Waals surface area contributed by atoms with Gasteiger partial charge < -0.3 is 13.7 Å². The minimum atomic E-state index is 0.879. The lowest BCUT2D eigenvalue weighted by Crippen LogP contribution is -2.11. The molecule has 9 aromatic carbocycles. The Labute approximate surface area is 317 Å². The molecule has 0 aliphatic carbocycles. The number of para-hydroxylation sites is 3. The fourth-order valence-corrected chi connectivity index (χ4v) is 8.32. The van der Waals surface area contributed by atoms with Gasteiger partial charge in [-0.05, 0) is 99.3 Å². The number of benzene rings is 9. The first kappa shape index (κ1) is 31.2. The van der Waals surface area contributed by atoms with Crippen LogP contribution in [0.4, 0.5) is 17.1 Å². The van der Waals surface area contributed by atoms with Gasteiger partial charge in [0.05, 0.1) is 5.69 Å². The van der Waals surface area contributed by atoms with E-state index in [1.165, 1.54) is 16.3 Å². The first-order valence-electron chi connectivity index (χ1n) is 18.7. The monoisotopic (exact) mass is 703 g/mol. The third-order valence-electron chi connectivity index (χ3n) is 10.9. The number of rotatable bonds is 6. The van der Waals surface area contributed by atoms with E-state index in [0.29, 0.717) is 0 Å². The van der Waals surface area contributed by atoms with Gasteiger partial charge in [0.1, 0.15) is 22.3 Å². The van der Waals surface area contributed by atoms with Crippen LogP contribution in [0.15, 0.2) is 209 Å². The second kappa shape index (κ2) is 12.6. The molecule has 0 unspecified atom stereocenters. The molecule has 2 aromatic heterocycles. The zero-order valence-corrected chi connectivity index (χ0v) is 29.8. The maximum absolute atomic E-state index is 6.36. The predicted octanol–water partition coefficient (Wildman–Crippen LogP) is 15.1. The summed E-state index contributed by atoms with van der Waals surface area (Å²) >= 11 is 0. The van der Waals surface area contributed by atoms with Crippen molar-refractivity contribution in [2.45, 2.75) is 0 Å². The maximum atomic E-state index is 6.36. The van der Waals surface area contributed by atoms with Crippen LogP contribution in [0.1, 0.15) is 0 Å². The Morgan fingerprint density at radius 2 is 0.909 bits per heavy atom. The molecule has 55 heavy (non-hydrogen) atoms. The summed E-state index contributed by atoms with van der Waals surface area (Å²) < 4.78 is 12.6.